The lowest BCUT2D eigenvalue weighted by Crippen LogP contribution is -2.16. The zero-order valence-corrected chi connectivity index (χ0v) is 17.4. The number of aromatic nitrogens is 1. The van der Waals surface area contributed by atoms with Gasteiger partial charge >= 0.3 is 23.9 Å². The minimum Gasteiger partial charge on any atom is -0.466 e. The van der Waals surface area contributed by atoms with Crippen LogP contribution in [0.3, 0.4) is 0 Å². The molecule has 0 atom stereocenters. The van der Waals surface area contributed by atoms with Crippen molar-refractivity contribution in [3.8, 4) is 0 Å². The molecule has 0 saturated carbocycles. The average molecular weight is 411 g/mol. The minimum atomic E-state index is -0.701. The molecule has 1 aromatic heterocycles. The van der Waals surface area contributed by atoms with E-state index in [4.69, 9.17) is 18.9 Å². The number of ether oxygens (including phenoxy) is 4. The van der Waals surface area contributed by atoms with Crippen LogP contribution in [0.5, 0.6) is 0 Å². The Hall–Kier alpha value is -2.84. The summed E-state index contributed by atoms with van der Waals surface area (Å²) in [6.07, 6.45) is 0.304. The number of H-pyrrole nitrogens is 1. The molecule has 9 nitrogen and oxygen atoms in total. The van der Waals surface area contributed by atoms with Crippen molar-refractivity contribution in [2.45, 2.75) is 53.4 Å². The first-order valence-corrected chi connectivity index (χ1v) is 9.78. The van der Waals surface area contributed by atoms with Gasteiger partial charge in [0.15, 0.2) is 0 Å². The molecule has 0 aliphatic carbocycles. The van der Waals surface area contributed by atoms with Gasteiger partial charge in [-0.1, -0.05) is 0 Å². The number of hydrogen-bond donors (Lipinski definition) is 1. The van der Waals surface area contributed by atoms with E-state index in [1.807, 2.05) is 0 Å². The second-order valence-corrected chi connectivity index (χ2v) is 5.88. The largest absolute Gasteiger partial charge is 0.466 e. The number of aryl methyl sites for hydroxylation is 2. The maximum absolute atomic E-state index is 12.6. The molecule has 0 unspecified atom stereocenters. The Bertz CT molecular complexity index is 664. The Kier molecular flexibility index (Phi) is 10.5. The summed E-state index contributed by atoms with van der Waals surface area (Å²) in [4.78, 5) is 51.6. The maximum Gasteiger partial charge on any atom is 0.340 e. The molecule has 1 rings (SSSR count). The SMILES string of the molecule is CCOC(=O)CCc1[nH]c(CCC(=O)OCC)c(C(=O)OCC)c1C(=O)OCC. The standard InChI is InChI=1S/C20H29NO8/c1-5-26-15(22)11-9-13-17(19(24)28-7-3)18(20(25)29-8-4)14(21-13)10-12-16(23)27-6-2/h21H,5-12H2,1-4H3. The van der Waals surface area contributed by atoms with Gasteiger partial charge in [0.2, 0.25) is 0 Å². The first-order chi connectivity index (χ1) is 13.9. The third kappa shape index (κ3) is 7.24. The monoisotopic (exact) mass is 411 g/mol. The van der Waals surface area contributed by atoms with E-state index in [1.165, 1.54) is 0 Å². The molecule has 0 aliphatic rings. The topological polar surface area (TPSA) is 121 Å². The summed E-state index contributed by atoms with van der Waals surface area (Å²) in [5, 5.41) is 0. The summed E-state index contributed by atoms with van der Waals surface area (Å²) in [5.41, 5.74) is 0.763. The van der Waals surface area contributed by atoms with Gasteiger partial charge in [-0.3, -0.25) is 9.59 Å². The molecule has 1 aromatic rings. The van der Waals surface area contributed by atoms with Crippen LogP contribution in [-0.2, 0) is 41.4 Å². The van der Waals surface area contributed by atoms with E-state index in [-0.39, 0.29) is 63.2 Å². The molecule has 1 heterocycles. The molecule has 0 amide bonds. The van der Waals surface area contributed by atoms with Crippen LogP contribution in [0.2, 0.25) is 0 Å². The molecule has 0 bridgehead atoms. The highest BCUT2D eigenvalue weighted by Gasteiger charge is 2.30. The number of carbonyl (C=O) groups is 4. The van der Waals surface area contributed by atoms with Gasteiger partial charge in [-0.15, -0.1) is 0 Å². The fourth-order valence-electron chi connectivity index (χ4n) is 2.76. The van der Waals surface area contributed by atoms with Crippen LogP contribution in [0.15, 0.2) is 0 Å². The Labute approximate surface area is 170 Å². The molecule has 0 aromatic carbocycles. The normalized spacial score (nSPS) is 10.3. The van der Waals surface area contributed by atoms with Gasteiger partial charge in [0, 0.05) is 11.4 Å². The first-order valence-electron chi connectivity index (χ1n) is 9.78. The lowest BCUT2D eigenvalue weighted by atomic mass is 10.0. The Balaban J connectivity index is 3.30. The maximum atomic E-state index is 12.6. The summed E-state index contributed by atoms with van der Waals surface area (Å²) < 4.78 is 20.0. The Morgan fingerprint density at radius 1 is 0.621 bits per heavy atom. The molecule has 1 N–H and O–H groups in total. The van der Waals surface area contributed by atoms with Gasteiger partial charge in [-0.25, -0.2) is 9.59 Å². The number of hydrogen-bond acceptors (Lipinski definition) is 8. The lowest BCUT2D eigenvalue weighted by Gasteiger charge is -2.08. The number of carbonyl (C=O) groups excluding carboxylic acids is 4. The molecule has 0 saturated heterocycles. The van der Waals surface area contributed by atoms with Gasteiger partial charge in [0.25, 0.3) is 0 Å². The van der Waals surface area contributed by atoms with Crippen LogP contribution in [0.1, 0.15) is 72.6 Å². The third-order valence-electron chi connectivity index (χ3n) is 3.88. The highest BCUT2D eigenvalue weighted by atomic mass is 16.5. The predicted octanol–water partition coefficient (Wildman–Crippen LogP) is 2.36. The summed E-state index contributed by atoms with van der Waals surface area (Å²) in [5.74, 6) is -2.26. The van der Waals surface area contributed by atoms with Crippen LogP contribution < -0.4 is 0 Å². The van der Waals surface area contributed by atoms with Crippen molar-refractivity contribution in [1.29, 1.82) is 0 Å². The highest BCUT2D eigenvalue weighted by molar-refractivity contribution is 6.05. The molecule has 0 fully saturated rings. The van der Waals surface area contributed by atoms with E-state index in [9.17, 15) is 19.2 Å². The first kappa shape index (κ1) is 24.2. The summed E-state index contributed by atoms with van der Waals surface area (Å²) in [6.45, 7) is 7.40. The molecule has 29 heavy (non-hydrogen) atoms. The summed E-state index contributed by atoms with van der Waals surface area (Å²) >= 11 is 0. The van der Waals surface area contributed by atoms with Crippen molar-refractivity contribution in [2.75, 3.05) is 26.4 Å². The fraction of sp³-hybridized carbons (Fsp3) is 0.600. The van der Waals surface area contributed by atoms with Crippen molar-refractivity contribution < 1.29 is 38.1 Å². The number of aromatic amines is 1. The zero-order valence-electron chi connectivity index (χ0n) is 17.4. The number of rotatable bonds is 12. The second-order valence-electron chi connectivity index (χ2n) is 5.88. The van der Waals surface area contributed by atoms with E-state index in [0.29, 0.717) is 11.4 Å². The molecule has 0 spiro atoms. The highest BCUT2D eigenvalue weighted by Crippen LogP contribution is 2.24. The molecule has 0 radical (unpaired) electrons. The van der Waals surface area contributed by atoms with Gasteiger partial charge < -0.3 is 23.9 Å². The Morgan fingerprint density at radius 3 is 1.28 bits per heavy atom. The van der Waals surface area contributed by atoms with Gasteiger partial charge in [-0.05, 0) is 40.5 Å². The minimum absolute atomic E-state index is 0.0142. The molecular weight excluding hydrogens is 382 g/mol. The van der Waals surface area contributed by atoms with E-state index in [0.717, 1.165) is 0 Å². The third-order valence-corrected chi connectivity index (χ3v) is 3.88. The summed E-state index contributed by atoms with van der Waals surface area (Å²) in [7, 11) is 0. The summed E-state index contributed by atoms with van der Waals surface area (Å²) in [6, 6.07) is 0. The van der Waals surface area contributed by atoms with E-state index in [2.05, 4.69) is 4.98 Å². The van der Waals surface area contributed by atoms with Gasteiger partial charge in [0.05, 0.1) is 50.4 Å². The van der Waals surface area contributed by atoms with Crippen LogP contribution in [0.25, 0.3) is 0 Å². The van der Waals surface area contributed by atoms with Crippen LogP contribution in [-0.4, -0.2) is 55.3 Å². The van der Waals surface area contributed by atoms with Crippen molar-refractivity contribution in [2.24, 2.45) is 0 Å². The van der Waals surface area contributed by atoms with Crippen LogP contribution in [0.4, 0.5) is 0 Å². The second kappa shape index (κ2) is 12.6. The van der Waals surface area contributed by atoms with E-state index < -0.39 is 23.9 Å². The lowest BCUT2D eigenvalue weighted by molar-refractivity contribution is -0.143. The van der Waals surface area contributed by atoms with Crippen LogP contribution >= 0.6 is 0 Å². The molecule has 162 valence electrons. The van der Waals surface area contributed by atoms with Crippen molar-refractivity contribution in [1.82, 2.24) is 4.98 Å². The average Bonchev–Trinajstić information content (AvgIpc) is 3.04. The van der Waals surface area contributed by atoms with Gasteiger partial charge in [0.1, 0.15) is 0 Å². The van der Waals surface area contributed by atoms with Crippen molar-refractivity contribution in [3.63, 3.8) is 0 Å². The number of nitrogens with one attached hydrogen (secondary N) is 1. The molecule has 9 heteroatoms. The zero-order chi connectivity index (χ0) is 21.8. The van der Waals surface area contributed by atoms with E-state index >= 15 is 0 Å². The van der Waals surface area contributed by atoms with E-state index in [1.54, 1.807) is 27.7 Å². The van der Waals surface area contributed by atoms with Gasteiger partial charge in [-0.2, -0.15) is 0 Å². The quantitative estimate of drug-likeness (QED) is 0.411. The Morgan fingerprint density at radius 2 is 0.966 bits per heavy atom. The smallest absolute Gasteiger partial charge is 0.340 e. The van der Waals surface area contributed by atoms with Crippen LogP contribution in [0, 0.1) is 0 Å². The van der Waals surface area contributed by atoms with Crippen molar-refractivity contribution in [3.05, 3.63) is 22.5 Å². The predicted molar refractivity (Wildman–Crippen MR) is 103 cm³/mol. The molecule has 0 aliphatic heterocycles. The number of esters is 4. The molecular formula is C20H29NO8. The van der Waals surface area contributed by atoms with Crippen molar-refractivity contribution >= 4 is 23.9 Å². The fourth-order valence-corrected chi connectivity index (χ4v) is 2.76.